The normalized spacial score (nSPS) is 11.0. The topological polar surface area (TPSA) is 43.6 Å². The molecule has 4 nitrogen and oxygen atoms in total. The van der Waals surface area contributed by atoms with Crippen LogP contribution in [0.2, 0.25) is 5.02 Å². The lowest BCUT2D eigenvalue weighted by Gasteiger charge is -2.07. The van der Waals surface area contributed by atoms with E-state index in [9.17, 15) is 9.18 Å². The molecule has 0 aliphatic carbocycles. The van der Waals surface area contributed by atoms with Gasteiger partial charge in [-0.1, -0.05) is 18.5 Å². The number of carbonyl (C=O) groups excluding carboxylic acids is 1. The molecule has 0 atom stereocenters. The zero-order valence-corrected chi connectivity index (χ0v) is 13.4. The Bertz CT molecular complexity index is 905. The summed E-state index contributed by atoms with van der Waals surface area (Å²) in [5.41, 5.74) is 1.90. The Kier molecular flexibility index (Phi) is 4.05. The molecule has 0 N–H and O–H groups in total. The predicted molar refractivity (Wildman–Crippen MR) is 86.0 cm³/mol. The SMILES string of the molecule is CCc1nc2ccc(F)cn2c1C(=O)c1ccc(OC)c(Cl)c1. The van der Waals surface area contributed by atoms with Crippen molar-refractivity contribution < 1.29 is 13.9 Å². The van der Waals surface area contributed by atoms with E-state index in [1.807, 2.05) is 6.92 Å². The number of pyridine rings is 1. The van der Waals surface area contributed by atoms with Gasteiger partial charge in [-0.25, -0.2) is 9.37 Å². The first-order valence-electron chi connectivity index (χ1n) is 7.10. The largest absolute Gasteiger partial charge is 0.495 e. The zero-order chi connectivity index (χ0) is 16.6. The third-order valence-corrected chi connectivity index (χ3v) is 3.91. The highest BCUT2D eigenvalue weighted by molar-refractivity contribution is 6.32. The number of fused-ring (bicyclic) bond motifs is 1. The fraction of sp³-hybridized carbons (Fsp3) is 0.176. The highest BCUT2D eigenvalue weighted by Gasteiger charge is 2.21. The maximum absolute atomic E-state index is 13.6. The van der Waals surface area contributed by atoms with Crippen LogP contribution in [0.4, 0.5) is 4.39 Å². The summed E-state index contributed by atoms with van der Waals surface area (Å²) in [6.45, 7) is 1.90. The van der Waals surface area contributed by atoms with Gasteiger partial charge in [-0.05, 0) is 36.8 Å². The molecule has 0 amide bonds. The Balaban J connectivity index is 2.17. The molecule has 0 spiro atoms. The monoisotopic (exact) mass is 332 g/mol. The van der Waals surface area contributed by atoms with Gasteiger partial charge in [0, 0.05) is 11.8 Å². The summed E-state index contributed by atoms with van der Waals surface area (Å²) < 4.78 is 20.1. The Morgan fingerprint density at radius 1 is 1.35 bits per heavy atom. The van der Waals surface area contributed by atoms with Crippen LogP contribution < -0.4 is 4.74 Å². The van der Waals surface area contributed by atoms with Gasteiger partial charge in [0.15, 0.2) is 0 Å². The van der Waals surface area contributed by atoms with Crippen molar-refractivity contribution in [3.8, 4) is 5.75 Å². The molecule has 3 aromatic rings. The van der Waals surface area contributed by atoms with Crippen LogP contribution in [0.3, 0.4) is 0 Å². The van der Waals surface area contributed by atoms with Crippen LogP contribution in [0.1, 0.15) is 28.7 Å². The number of ether oxygens (including phenoxy) is 1. The fourth-order valence-corrected chi connectivity index (χ4v) is 2.76. The lowest BCUT2D eigenvalue weighted by Crippen LogP contribution is -2.08. The Morgan fingerprint density at radius 2 is 2.13 bits per heavy atom. The number of aryl methyl sites for hydroxylation is 1. The summed E-state index contributed by atoms with van der Waals surface area (Å²) in [7, 11) is 1.51. The molecule has 1 aromatic carbocycles. The van der Waals surface area contributed by atoms with Gasteiger partial charge in [-0.15, -0.1) is 0 Å². The van der Waals surface area contributed by atoms with Gasteiger partial charge in [0.1, 0.15) is 22.9 Å². The van der Waals surface area contributed by atoms with Gasteiger partial charge < -0.3 is 4.74 Å². The predicted octanol–water partition coefficient (Wildman–Crippen LogP) is 3.93. The summed E-state index contributed by atoms with van der Waals surface area (Å²) in [5.74, 6) is -0.202. The number of ketones is 1. The number of hydrogen-bond donors (Lipinski definition) is 0. The fourth-order valence-electron chi connectivity index (χ4n) is 2.50. The minimum atomic E-state index is -0.431. The van der Waals surface area contributed by atoms with Crippen molar-refractivity contribution in [2.75, 3.05) is 7.11 Å². The van der Waals surface area contributed by atoms with E-state index in [1.165, 1.54) is 23.8 Å². The molecule has 0 aliphatic rings. The Hall–Kier alpha value is -2.40. The molecule has 118 valence electrons. The Morgan fingerprint density at radius 3 is 2.78 bits per heavy atom. The van der Waals surface area contributed by atoms with E-state index >= 15 is 0 Å². The van der Waals surface area contributed by atoms with Crippen LogP contribution >= 0.6 is 11.6 Å². The smallest absolute Gasteiger partial charge is 0.211 e. The molecule has 0 fully saturated rings. The molecule has 0 radical (unpaired) electrons. The molecule has 0 saturated heterocycles. The summed E-state index contributed by atoms with van der Waals surface area (Å²) in [4.78, 5) is 17.3. The first-order chi connectivity index (χ1) is 11.0. The molecule has 6 heteroatoms. The third kappa shape index (κ3) is 2.68. The van der Waals surface area contributed by atoms with Gasteiger partial charge >= 0.3 is 0 Å². The number of benzene rings is 1. The van der Waals surface area contributed by atoms with Crippen molar-refractivity contribution >= 4 is 23.0 Å². The highest BCUT2D eigenvalue weighted by Crippen LogP contribution is 2.27. The minimum absolute atomic E-state index is 0.260. The van der Waals surface area contributed by atoms with Gasteiger partial charge in [0.05, 0.1) is 17.8 Å². The van der Waals surface area contributed by atoms with Crippen LogP contribution in [-0.4, -0.2) is 22.3 Å². The number of halogens is 2. The van der Waals surface area contributed by atoms with Gasteiger partial charge in [0.2, 0.25) is 5.78 Å². The number of rotatable bonds is 4. The molecule has 23 heavy (non-hydrogen) atoms. The van der Waals surface area contributed by atoms with E-state index in [-0.39, 0.29) is 5.78 Å². The molecular weight excluding hydrogens is 319 g/mol. The number of imidazole rings is 1. The van der Waals surface area contributed by atoms with Gasteiger partial charge in [0.25, 0.3) is 0 Å². The van der Waals surface area contributed by atoms with E-state index in [2.05, 4.69) is 4.98 Å². The summed E-state index contributed by atoms with van der Waals surface area (Å²) >= 11 is 6.09. The van der Waals surface area contributed by atoms with Crippen LogP contribution in [0, 0.1) is 5.82 Å². The van der Waals surface area contributed by atoms with Crippen molar-refractivity contribution in [3.05, 3.63) is 64.3 Å². The van der Waals surface area contributed by atoms with Crippen LogP contribution in [0.25, 0.3) is 5.65 Å². The number of nitrogens with zero attached hydrogens (tertiary/aromatic N) is 2. The van der Waals surface area contributed by atoms with Crippen LogP contribution in [-0.2, 0) is 6.42 Å². The molecule has 0 unspecified atom stereocenters. The van der Waals surface area contributed by atoms with Crippen molar-refractivity contribution in [2.24, 2.45) is 0 Å². The van der Waals surface area contributed by atoms with Crippen molar-refractivity contribution in [1.29, 1.82) is 0 Å². The number of aromatic nitrogens is 2. The van der Waals surface area contributed by atoms with Crippen molar-refractivity contribution in [3.63, 3.8) is 0 Å². The van der Waals surface area contributed by atoms with E-state index in [4.69, 9.17) is 16.3 Å². The molecular formula is C17H14ClFN2O2. The standard InChI is InChI=1S/C17H14ClFN2O2/c1-3-13-16(21-9-11(19)5-7-15(21)20-13)17(22)10-4-6-14(23-2)12(18)8-10/h4-9H,3H2,1-2H3. The van der Waals surface area contributed by atoms with E-state index in [0.29, 0.717) is 39.8 Å². The molecule has 0 aliphatic heterocycles. The van der Waals surface area contributed by atoms with Gasteiger partial charge in [-0.2, -0.15) is 0 Å². The minimum Gasteiger partial charge on any atom is -0.495 e. The molecule has 2 aromatic heterocycles. The number of methoxy groups -OCH3 is 1. The van der Waals surface area contributed by atoms with Crippen LogP contribution in [0.5, 0.6) is 5.75 Å². The van der Waals surface area contributed by atoms with E-state index < -0.39 is 5.82 Å². The molecule has 0 bridgehead atoms. The van der Waals surface area contributed by atoms with Crippen molar-refractivity contribution in [2.45, 2.75) is 13.3 Å². The number of hydrogen-bond acceptors (Lipinski definition) is 3. The average Bonchev–Trinajstić information content (AvgIpc) is 2.91. The highest BCUT2D eigenvalue weighted by atomic mass is 35.5. The summed E-state index contributed by atoms with van der Waals surface area (Å²) in [5, 5.41) is 0.344. The molecule has 3 rings (SSSR count). The molecule has 0 saturated carbocycles. The average molecular weight is 333 g/mol. The summed E-state index contributed by atoms with van der Waals surface area (Å²) in [6, 6.07) is 7.67. The zero-order valence-electron chi connectivity index (χ0n) is 12.6. The first kappa shape index (κ1) is 15.5. The lowest BCUT2D eigenvalue weighted by atomic mass is 10.1. The molecule has 2 heterocycles. The van der Waals surface area contributed by atoms with E-state index in [1.54, 1.807) is 24.3 Å². The second-order valence-corrected chi connectivity index (χ2v) is 5.42. The van der Waals surface area contributed by atoms with Gasteiger partial charge in [-0.3, -0.25) is 9.20 Å². The summed E-state index contributed by atoms with van der Waals surface area (Å²) in [6.07, 6.45) is 1.83. The first-order valence-corrected chi connectivity index (χ1v) is 7.47. The van der Waals surface area contributed by atoms with Crippen molar-refractivity contribution in [1.82, 2.24) is 9.38 Å². The van der Waals surface area contributed by atoms with Crippen LogP contribution in [0.15, 0.2) is 36.5 Å². The third-order valence-electron chi connectivity index (χ3n) is 3.62. The van der Waals surface area contributed by atoms with E-state index in [0.717, 1.165) is 0 Å². The maximum atomic E-state index is 13.6. The number of carbonyl (C=O) groups is 1. The Labute approximate surface area is 137 Å². The lowest BCUT2D eigenvalue weighted by molar-refractivity contribution is 0.103. The quantitative estimate of drug-likeness (QED) is 0.680. The maximum Gasteiger partial charge on any atom is 0.211 e. The second-order valence-electron chi connectivity index (χ2n) is 5.01. The second kappa shape index (κ2) is 6.01.